The van der Waals surface area contributed by atoms with Crippen LogP contribution in [0, 0.1) is 11.2 Å². The van der Waals surface area contributed by atoms with Crippen LogP contribution in [0.1, 0.15) is 37.9 Å². The lowest BCUT2D eigenvalue weighted by molar-refractivity contribution is -0.138. The van der Waals surface area contributed by atoms with E-state index in [1.54, 1.807) is 11.8 Å². The van der Waals surface area contributed by atoms with Gasteiger partial charge in [0.15, 0.2) is 11.6 Å². The molecule has 2 aromatic rings. The van der Waals surface area contributed by atoms with Crippen LogP contribution < -0.4 is 0 Å². The second-order valence-electron chi connectivity index (χ2n) is 8.78. The summed E-state index contributed by atoms with van der Waals surface area (Å²) in [5.41, 5.74) is 1.11. The first-order chi connectivity index (χ1) is 15.9. The number of aliphatic hydroxyl groups excluding tert-OH is 1. The van der Waals surface area contributed by atoms with Crippen LogP contribution in [0.4, 0.5) is 4.39 Å². The van der Waals surface area contributed by atoms with E-state index in [4.69, 9.17) is 4.74 Å². The van der Waals surface area contributed by atoms with Crippen LogP contribution in [0.15, 0.2) is 29.9 Å². The summed E-state index contributed by atoms with van der Waals surface area (Å²) in [5, 5.41) is 21.2. The standard InChI is InChI=1S/C21H24FN7O4/c1-13-16(11-33-19(13)31)28-7-4-21(20(28)32)2-5-27(6-3-21)10-17(30)14-8-15(22)18(23-9-14)29-12-24-25-26-29/h8-9,12,17,30H,2-7,10-11H2,1H3/t17-/m1/s1. The Hall–Kier alpha value is -3.25. The molecule has 0 aromatic carbocycles. The number of piperidine rings is 1. The number of amides is 1. The van der Waals surface area contributed by atoms with Crippen molar-refractivity contribution in [2.45, 2.75) is 32.3 Å². The summed E-state index contributed by atoms with van der Waals surface area (Å²) < 4.78 is 20.6. The first kappa shape index (κ1) is 21.6. The number of tetrazole rings is 1. The molecule has 5 rings (SSSR count). The molecule has 5 heterocycles. The van der Waals surface area contributed by atoms with Gasteiger partial charge in [0.05, 0.1) is 22.8 Å². The summed E-state index contributed by atoms with van der Waals surface area (Å²) in [6.07, 6.45) is 3.80. The average Bonchev–Trinajstić information content (AvgIpc) is 3.53. The van der Waals surface area contributed by atoms with Crippen molar-refractivity contribution < 1.29 is 23.8 Å². The molecular weight excluding hydrogens is 433 g/mol. The van der Waals surface area contributed by atoms with Crippen molar-refractivity contribution in [1.82, 2.24) is 35.0 Å². The van der Waals surface area contributed by atoms with Gasteiger partial charge in [-0.3, -0.25) is 4.79 Å². The topological polar surface area (TPSA) is 127 Å². The summed E-state index contributed by atoms with van der Waals surface area (Å²) >= 11 is 0. The van der Waals surface area contributed by atoms with Crippen LogP contribution in [0.2, 0.25) is 0 Å². The van der Waals surface area contributed by atoms with Gasteiger partial charge in [-0.1, -0.05) is 0 Å². The summed E-state index contributed by atoms with van der Waals surface area (Å²) in [6, 6.07) is 1.24. The Bertz CT molecular complexity index is 1110. The molecule has 0 aliphatic carbocycles. The third kappa shape index (κ3) is 3.78. The number of rotatable bonds is 5. The van der Waals surface area contributed by atoms with Gasteiger partial charge < -0.3 is 19.6 Å². The molecule has 2 fully saturated rings. The highest BCUT2D eigenvalue weighted by molar-refractivity contribution is 5.94. The number of halogens is 1. The molecule has 12 heteroatoms. The van der Waals surface area contributed by atoms with E-state index in [1.807, 2.05) is 0 Å². The quantitative estimate of drug-likeness (QED) is 0.634. The van der Waals surface area contributed by atoms with Gasteiger partial charge in [-0.05, 0) is 55.8 Å². The molecule has 2 aromatic heterocycles. The van der Waals surface area contributed by atoms with Gasteiger partial charge in [0, 0.05) is 24.8 Å². The Kier molecular flexibility index (Phi) is 5.41. The predicted octanol–water partition coefficient (Wildman–Crippen LogP) is 0.375. The predicted molar refractivity (Wildman–Crippen MR) is 110 cm³/mol. The van der Waals surface area contributed by atoms with Gasteiger partial charge in [-0.15, -0.1) is 5.10 Å². The Morgan fingerprint density at radius 3 is 2.64 bits per heavy atom. The molecule has 174 valence electrons. The van der Waals surface area contributed by atoms with Gasteiger partial charge >= 0.3 is 5.97 Å². The Balaban J connectivity index is 1.20. The number of β-amino-alcohol motifs (C(OH)–C–C–N with tert-alkyl or cyclic N) is 1. The number of carbonyl (C=O) groups is 2. The zero-order valence-electron chi connectivity index (χ0n) is 18.1. The highest BCUT2D eigenvalue weighted by atomic mass is 19.1. The molecule has 11 nitrogen and oxygen atoms in total. The van der Waals surface area contributed by atoms with E-state index in [9.17, 15) is 19.1 Å². The number of likely N-dealkylation sites (tertiary alicyclic amines) is 2. The highest BCUT2D eigenvalue weighted by Crippen LogP contribution is 2.43. The average molecular weight is 457 g/mol. The number of hydrogen-bond acceptors (Lipinski definition) is 9. The van der Waals surface area contributed by atoms with Crippen molar-refractivity contribution in [3.8, 4) is 5.82 Å². The number of hydrogen-bond donors (Lipinski definition) is 1. The van der Waals surface area contributed by atoms with Crippen molar-refractivity contribution in [3.63, 3.8) is 0 Å². The smallest absolute Gasteiger partial charge is 0.336 e. The van der Waals surface area contributed by atoms with Gasteiger partial charge in [0.1, 0.15) is 12.9 Å². The molecule has 3 aliphatic rings. The summed E-state index contributed by atoms with van der Waals surface area (Å²) in [5.74, 6) is -0.980. The summed E-state index contributed by atoms with van der Waals surface area (Å²) in [7, 11) is 0. The number of aliphatic hydroxyl groups is 1. The lowest BCUT2D eigenvalue weighted by Crippen LogP contribution is -2.45. The summed E-state index contributed by atoms with van der Waals surface area (Å²) in [4.78, 5) is 32.7. The highest BCUT2D eigenvalue weighted by Gasteiger charge is 2.50. The van der Waals surface area contributed by atoms with E-state index in [0.717, 1.165) is 11.1 Å². The van der Waals surface area contributed by atoms with Crippen LogP contribution in [0.25, 0.3) is 5.82 Å². The minimum atomic E-state index is -0.922. The summed E-state index contributed by atoms with van der Waals surface area (Å²) in [6.45, 7) is 4.03. The fourth-order valence-electron chi connectivity index (χ4n) is 4.86. The molecule has 1 atom stereocenters. The fourth-order valence-corrected chi connectivity index (χ4v) is 4.86. The normalized spacial score (nSPS) is 21.8. The number of esters is 1. The van der Waals surface area contributed by atoms with E-state index in [1.165, 1.54) is 18.6 Å². The molecule has 0 unspecified atom stereocenters. The minimum Gasteiger partial charge on any atom is -0.456 e. The van der Waals surface area contributed by atoms with Gasteiger partial charge in [-0.2, -0.15) is 4.68 Å². The Morgan fingerprint density at radius 1 is 1.24 bits per heavy atom. The molecule has 0 radical (unpaired) electrons. The number of nitrogens with zero attached hydrogens (tertiary/aromatic N) is 7. The molecule has 2 saturated heterocycles. The second kappa shape index (κ2) is 8.27. The SMILES string of the molecule is CC1=C(N2CCC3(CCN(C[C@@H](O)c4cnc(-n5cnnn5)c(F)c4)CC3)C2=O)COC1=O. The Morgan fingerprint density at radius 2 is 2.00 bits per heavy atom. The molecule has 3 aliphatic heterocycles. The zero-order chi connectivity index (χ0) is 23.2. The van der Waals surface area contributed by atoms with Gasteiger partial charge in [-0.25, -0.2) is 14.2 Å². The van der Waals surface area contributed by atoms with Gasteiger partial charge in [0.25, 0.3) is 0 Å². The van der Waals surface area contributed by atoms with Crippen LogP contribution in [0.5, 0.6) is 0 Å². The molecule has 1 N–H and O–H groups in total. The van der Waals surface area contributed by atoms with Crippen molar-refractivity contribution in [2.24, 2.45) is 5.41 Å². The van der Waals surface area contributed by atoms with Crippen molar-refractivity contribution in [2.75, 3.05) is 32.8 Å². The van der Waals surface area contributed by atoms with Crippen molar-refractivity contribution in [3.05, 3.63) is 41.2 Å². The number of pyridine rings is 1. The number of carbonyl (C=O) groups excluding carboxylic acids is 2. The molecular formula is C21H24FN7O4. The monoisotopic (exact) mass is 457 g/mol. The van der Waals surface area contributed by atoms with E-state index < -0.39 is 17.3 Å². The zero-order valence-corrected chi connectivity index (χ0v) is 18.1. The molecule has 1 spiro atoms. The first-order valence-corrected chi connectivity index (χ1v) is 10.9. The van der Waals surface area contributed by atoms with Crippen LogP contribution in [0.3, 0.4) is 0 Å². The second-order valence-corrected chi connectivity index (χ2v) is 8.78. The maximum atomic E-state index is 14.4. The maximum absolute atomic E-state index is 14.4. The van der Waals surface area contributed by atoms with Gasteiger partial charge in [0.2, 0.25) is 5.91 Å². The fraction of sp³-hybridized carbons (Fsp3) is 0.524. The van der Waals surface area contributed by atoms with E-state index in [2.05, 4.69) is 25.4 Å². The number of cyclic esters (lactones) is 1. The van der Waals surface area contributed by atoms with E-state index in [0.29, 0.717) is 55.9 Å². The minimum absolute atomic E-state index is 0.0418. The van der Waals surface area contributed by atoms with E-state index >= 15 is 0 Å². The lowest BCUT2D eigenvalue weighted by atomic mass is 9.77. The molecule has 1 amide bonds. The number of ether oxygens (including phenoxy) is 1. The lowest BCUT2D eigenvalue weighted by Gasteiger charge is -2.38. The molecule has 33 heavy (non-hydrogen) atoms. The van der Waals surface area contributed by atoms with Crippen LogP contribution >= 0.6 is 0 Å². The van der Waals surface area contributed by atoms with Crippen molar-refractivity contribution >= 4 is 11.9 Å². The molecule has 0 saturated carbocycles. The number of aromatic nitrogens is 5. The van der Waals surface area contributed by atoms with Crippen LogP contribution in [-0.4, -0.2) is 84.8 Å². The largest absolute Gasteiger partial charge is 0.456 e. The Labute approximate surface area is 188 Å². The van der Waals surface area contributed by atoms with Crippen molar-refractivity contribution in [1.29, 1.82) is 0 Å². The van der Waals surface area contributed by atoms with Crippen LogP contribution in [-0.2, 0) is 14.3 Å². The molecule has 0 bridgehead atoms. The third-order valence-electron chi connectivity index (χ3n) is 6.96. The van der Waals surface area contributed by atoms with E-state index in [-0.39, 0.29) is 24.3 Å². The third-order valence-corrected chi connectivity index (χ3v) is 6.96. The maximum Gasteiger partial charge on any atom is 0.336 e. The first-order valence-electron chi connectivity index (χ1n) is 10.9.